The smallest absolute Gasteiger partial charge is 0.332 e. The van der Waals surface area contributed by atoms with Gasteiger partial charge in [-0.1, -0.05) is 6.92 Å². The van der Waals surface area contributed by atoms with E-state index < -0.39 is 41.6 Å². The van der Waals surface area contributed by atoms with Gasteiger partial charge in [0.1, 0.15) is 18.3 Å². The molecule has 0 rings (SSSR count). The molecule has 0 aromatic carbocycles. The fourth-order valence-corrected chi connectivity index (χ4v) is 0.150. The molecule has 0 aliphatic carbocycles. The molecule has 0 radical (unpaired) electrons. The van der Waals surface area contributed by atoms with Crippen LogP contribution in [-0.2, 0) is 14.4 Å². The lowest BCUT2D eigenvalue weighted by molar-refractivity contribution is -0.146. The first-order chi connectivity index (χ1) is 11.6. The molecular weight excluding hydrogens is 360 g/mol. The fraction of sp³-hybridized carbons (Fsp3) is 0.786. The SMILES string of the molecule is CC(CO)(CO)CO.CC(O)C(=O)O.CC(O)C(=O)O.CC(O)C(=O)O. The first-order valence-electron chi connectivity index (χ1n) is 7.17. The van der Waals surface area contributed by atoms with Crippen molar-refractivity contribution in [2.75, 3.05) is 19.8 Å². The second kappa shape index (κ2) is 18.0. The van der Waals surface area contributed by atoms with Crippen molar-refractivity contribution in [2.24, 2.45) is 5.41 Å². The number of hydrogen-bond donors (Lipinski definition) is 9. The summed E-state index contributed by atoms with van der Waals surface area (Å²) < 4.78 is 0. The van der Waals surface area contributed by atoms with E-state index in [1.54, 1.807) is 6.92 Å². The lowest BCUT2D eigenvalue weighted by atomic mass is 9.95. The van der Waals surface area contributed by atoms with Gasteiger partial charge in [-0.3, -0.25) is 0 Å². The van der Waals surface area contributed by atoms with Gasteiger partial charge in [0.2, 0.25) is 0 Å². The number of aliphatic hydroxyl groups excluding tert-OH is 6. The van der Waals surface area contributed by atoms with E-state index in [2.05, 4.69) is 0 Å². The quantitative estimate of drug-likeness (QED) is 0.226. The Morgan fingerprint density at radius 1 is 0.654 bits per heavy atom. The number of aliphatic carboxylic acids is 3. The third kappa shape index (κ3) is 27.0. The van der Waals surface area contributed by atoms with Gasteiger partial charge in [-0.25, -0.2) is 14.4 Å². The van der Waals surface area contributed by atoms with Crippen molar-refractivity contribution < 1.29 is 60.3 Å². The van der Waals surface area contributed by atoms with Gasteiger partial charge in [0.05, 0.1) is 19.8 Å². The third-order valence-electron chi connectivity index (χ3n) is 2.22. The van der Waals surface area contributed by atoms with Gasteiger partial charge in [0, 0.05) is 5.41 Å². The molecule has 0 aliphatic heterocycles. The highest BCUT2D eigenvalue weighted by Crippen LogP contribution is 2.10. The first kappa shape index (κ1) is 31.9. The largest absolute Gasteiger partial charge is 0.479 e. The minimum Gasteiger partial charge on any atom is -0.479 e. The Kier molecular flexibility index (Phi) is 22.1. The van der Waals surface area contributed by atoms with E-state index in [-0.39, 0.29) is 19.8 Å². The summed E-state index contributed by atoms with van der Waals surface area (Å²) in [5, 5.41) is 72.7. The van der Waals surface area contributed by atoms with Crippen molar-refractivity contribution in [3.63, 3.8) is 0 Å². The van der Waals surface area contributed by atoms with Crippen molar-refractivity contribution in [3.05, 3.63) is 0 Å². The summed E-state index contributed by atoms with van der Waals surface area (Å²) >= 11 is 0. The molecule has 0 fully saturated rings. The summed E-state index contributed by atoms with van der Waals surface area (Å²) in [7, 11) is 0. The molecule has 0 aromatic heterocycles. The second-order valence-corrected chi connectivity index (χ2v) is 5.33. The third-order valence-corrected chi connectivity index (χ3v) is 2.22. The Morgan fingerprint density at radius 2 is 0.769 bits per heavy atom. The number of hydrogen-bond acceptors (Lipinski definition) is 9. The van der Waals surface area contributed by atoms with Gasteiger partial charge in [-0.2, -0.15) is 0 Å². The lowest BCUT2D eigenvalue weighted by Gasteiger charge is -2.20. The maximum absolute atomic E-state index is 9.45. The van der Waals surface area contributed by atoms with Crippen molar-refractivity contribution >= 4 is 17.9 Å². The Morgan fingerprint density at radius 3 is 0.769 bits per heavy atom. The summed E-state index contributed by atoms with van der Waals surface area (Å²) in [5.74, 6) is -3.56. The maximum atomic E-state index is 9.45. The van der Waals surface area contributed by atoms with Crippen LogP contribution in [0.4, 0.5) is 0 Å². The van der Waals surface area contributed by atoms with Gasteiger partial charge in [0.25, 0.3) is 0 Å². The van der Waals surface area contributed by atoms with Gasteiger partial charge in [-0.15, -0.1) is 0 Å². The summed E-state index contributed by atoms with van der Waals surface area (Å²) in [5.41, 5.74) is -0.708. The van der Waals surface area contributed by atoms with Crippen LogP contribution in [0.2, 0.25) is 0 Å². The zero-order valence-electron chi connectivity index (χ0n) is 15.1. The van der Waals surface area contributed by atoms with Crippen LogP contribution in [-0.4, -0.2) is 102 Å². The summed E-state index contributed by atoms with van der Waals surface area (Å²) in [6, 6.07) is 0. The van der Waals surface area contributed by atoms with Crippen LogP contribution in [0, 0.1) is 5.41 Å². The number of carboxylic acid groups (broad SMARTS) is 3. The highest BCUT2D eigenvalue weighted by atomic mass is 16.4. The normalized spacial score (nSPS) is 13.2. The molecule has 12 nitrogen and oxygen atoms in total. The average Bonchev–Trinajstić information content (AvgIpc) is 2.55. The van der Waals surface area contributed by atoms with E-state index in [0.717, 1.165) is 0 Å². The fourth-order valence-electron chi connectivity index (χ4n) is 0.150. The molecule has 9 N–H and O–H groups in total. The number of carboxylic acids is 3. The second-order valence-electron chi connectivity index (χ2n) is 5.33. The maximum Gasteiger partial charge on any atom is 0.332 e. The van der Waals surface area contributed by atoms with Crippen molar-refractivity contribution in [3.8, 4) is 0 Å². The molecule has 0 aliphatic rings. The van der Waals surface area contributed by atoms with Crippen LogP contribution in [0.5, 0.6) is 0 Å². The van der Waals surface area contributed by atoms with Crippen LogP contribution in [0.15, 0.2) is 0 Å². The molecular formula is C14H30O12. The molecule has 0 saturated carbocycles. The lowest BCUT2D eigenvalue weighted by Crippen LogP contribution is -2.29. The van der Waals surface area contributed by atoms with Gasteiger partial charge >= 0.3 is 17.9 Å². The Hall–Kier alpha value is -1.83. The van der Waals surface area contributed by atoms with Crippen molar-refractivity contribution in [1.82, 2.24) is 0 Å². The monoisotopic (exact) mass is 390 g/mol. The van der Waals surface area contributed by atoms with E-state index in [9.17, 15) is 14.4 Å². The van der Waals surface area contributed by atoms with Gasteiger partial charge < -0.3 is 46.0 Å². The van der Waals surface area contributed by atoms with Crippen LogP contribution in [0.25, 0.3) is 0 Å². The standard InChI is InChI=1S/C5H12O3.3C3H6O3/c1-5(2-6,3-7)4-8;3*1-2(4)3(5)6/h6-8H,2-4H2,1H3;3*2,4H,1H3,(H,5,6). The molecule has 26 heavy (non-hydrogen) atoms. The Bertz CT molecular complexity index is 323. The van der Waals surface area contributed by atoms with Gasteiger partial charge in [-0.05, 0) is 20.8 Å². The molecule has 0 bridgehead atoms. The molecule has 0 heterocycles. The average molecular weight is 390 g/mol. The van der Waals surface area contributed by atoms with Crippen LogP contribution >= 0.6 is 0 Å². The zero-order valence-corrected chi connectivity index (χ0v) is 15.1. The summed E-state index contributed by atoms with van der Waals surface area (Å²) in [4.78, 5) is 28.3. The minimum atomic E-state index is -1.23. The van der Waals surface area contributed by atoms with E-state index in [1.165, 1.54) is 20.8 Å². The highest BCUT2D eigenvalue weighted by Gasteiger charge is 2.20. The molecule has 12 heteroatoms. The molecule has 158 valence electrons. The van der Waals surface area contributed by atoms with E-state index >= 15 is 0 Å². The Labute approximate surface area is 150 Å². The number of carbonyl (C=O) groups is 3. The van der Waals surface area contributed by atoms with E-state index in [0.29, 0.717) is 0 Å². The van der Waals surface area contributed by atoms with Crippen molar-refractivity contribution in [2.45, 2.75) is 46.0 Å². The number of rotatable bonds is 6. The summed E-state index contributed by atoms with van der Waals surface area (Å²) in [6.07, 6.45) is -3.69. The Balaban J connectivity index is -0.000000125. The topological polar surface area (TPSA) is 233 Å². The summed E-state index contributed by atoms with van der Waals surface area (Å²) in [6.45, 7) is 4.65. The molecule has 0 spiro atoms. The minimum absolute atomic E-state index is 0.181. The van der Waals surface area contributed by atoms with E-state index in [1.807, 2.05) is 0 Å². The molecule has 0 aromatic rings. The van der Waals surface area contributed by atoms with Crippen LogP contribution < -0.4 is 0 Å². The van der Waals surface area contributed by atoms with Gasteiger partial charge in [0.15, 0.2) is 0 Å². The first-order valence-corrected chi connectivity index (χ1v) is 7.17. The molecule has 3 atom stereocenters. The van der Waals surface area contributed by atoms with E-state index in [4.69, 9.17) is 46.0 Å². The van der Waals surface area contributed by atoms with Crippen molar-refractivity contribution in [1.29, 1.82) is 0 Å². The molecule has 0 saturated heterocycles. The molecule has 3 unspecified atom stereocenters. The number of aliphatic hydroxyl groups is 6. The van der Waals surface area contributed by atoms with Crippen LogP contribution in [0.1, 0.15) is 27.7 Å². The van der Waals surface area contributed by atoms with Crippen LogP contribution in [0.3, 0.4) is 0 Å². The predicted molar refractivity (Wildman–Crippen MR) is 87.3 cm³/mol. The zero-order chi connectivity index (χ0) is 22.1. The predicted octanol–water partition coefficient (Wildman–Crippen LogP) is -2.67. The molecule has 0 amide bonds. The highest BCUT2D eigenvalue weighted by molar-refractivity contribution is 5.71.